The lowest BCUT2D eigenvalue weighted by Gasteiger charge is -2.26. The Kier molecular flexibility index (Phi) is 6.16. The molecule has 0 saturated carbocycles. The molecule has 5 rings (SSSR count). The third kappa shape index (κ3) is 4.39. The smallest absolute Gasteiger partial charge is 0.227 e. The molecule has 8 nitrogen and oxygen atoms in total. The summed E-state index contributed by atoms with van der Waals surface area (Å²) >= 11 is 0. The number of anilines is 2. The molecule has 2 aliphatic heterocycles. The Morgan fingerprint density at radius 3 is 2.94 bits per heavy atom. The topological polar surface area (TPSA) is 80.1 Å². The zero-order valence-corrected chi connectivity index (χ0v) is 18.8. The fourth-order valence-corrected chi connectivity index (χ4v) is 4.72. The molecule has 2 aliphatic rings. The van der Waals surface area contributed by atoms with E-state index in [-0.39, 0.29) is 0 Å². The van der Waals surface area contributed by atoms with Gasteiger partial charge in [0.15, 0.2) is 0 Å². The van der Waals surface area contributed by atoms with Crippen molar-refractivity contribution in [2.45, 2.75) is 44.9 Å². The van der Waals surface area contributed by atoms with Gasteiger partial charge >= 0.3 is 0 Å². The highest BCUT2D eigenvalue weighted by Gasteiger charge is 2.28. The van der Waals surface area contributed by atoms with Gasteiger partial charge in [0.1, 0.15) is 0 Å². The number of ether oxygens (including phenoxy) is 1. The van der Waals surface area contributed by atoms with Gasteiger partial charge in [0.25, 0.3) is 0 Å². The Bertz CT molecular complexity index is 1060. The number of nitrogens with one attached hydrogen (secondary N) is 2. The molecule has 32 heavy (non-hydrogen) atoms. The van der Waals surface area contributed by atoms with Crippen LogP contribution in [0.3, 0.4) is 0 Å². The summed E-state index contributed by atoms with van der Waals surface area (Å²) in [4.78, 5) is 11.8. The molecular formula is C24H31N7O. The first-order chi connectivity index (χ1) is 15.7. The minimum atomic E-state index is 0.365. The van der Waals surface area contributed by atoms with E-state index < -0.39 is 0 Å². The number of aromatic nitrogens is 4. The SMILES string of the molecule is CCn1cc(Nc2nccc(-c3ccc4c(c3)CN(C3CCOC3)CCC4NC)n2)cn1. The second kappa shape index (κ2) is 9.36. The van der Waals surface area contributed by atoms with Crippen molar-refractivity contribution in [3.8, 4) is 11.3 Å². The minimum Gasteiger partial charge on any atom is -0.380 e. The molecule has 1 fully saturated rings. The van der Waals surface area contributed by atoms with Crippen LogP contribution in [0.1, 0.15) is 36.9 Å². The predicted octanol–water partition coefficient (Wildman–Crippen LogP) is 3.36. The van der Waals surface area contributed by atoms with Crippen LogP contribution in [-0.2, 0) is 17.8 Å². The maximum Gasteiger partial charge on any atom is 0.227 e. The van der Waals surface area contributed by atoms with Crippen LogP contribution < -0.4 is 10.6 Å². The van der Waals surface area contributed by atoms with Crippen molar-refractivity contribution in [3.05, 3.63) is 54.0 Å². The first kappa shape index (κ1) is 21.1. The lowest BCUT2D eigenvalue weighted by molar-refractivity contribution is 0.138. The summed E-state index contributed by atoms with van der Waals surface area (Å²) < 4.78 is 7.54. The minimum absolute atomic E-state index is 0.365. The summed E-state index contributed by atoms with van der Waals surface area (Å²) in [6.45, 7) is 6.63. The van der Waals surface area contributed by atoms with Crippen LogP contribution in [0.4, 0.5) is 11.6 Å². The van der Waals surface area contributed by atoms with Crippen LogP contribution in [-0.4, -0.2) is 57.5 Å². The van der Waals surface area contributed by atoms with Crippen LogP contribution in [0.2, 0.25) is 0 Å². The van der Waals surface area contributed by atoms with E-state index in [0.29, 0.717) is 18.0 Å². The molecule has 0 spiro atoms. The second-order valence-electron chi connectivity index (χ2n) is 8.51. The fourth-order valence-electron chi connectivity index (χ4n) is 4.72. The number of fused-ring (bicyclic) bond motifs is 1. The lowest BCUT2D eigenvalue weighted by atomic mass is 9.96. The molecule has 1 saturated heterocycles. The number of hydrogen-bond acceptors (Lipinski definition) is 7. The van der Waals surface area contributed by atoms with Crippen molar-refractivity contribution in [2.24, 2.45) is 0 Å². The van der Waals surface area contributed by atoms with Crippen molar-refractivity contribution >= 4 is 11.6 Å². The fraction of sp³-hybridized carbons (Fsp3) is 0.458. The Labute approximate surface area is 189 Å². The first-order valence-electron chi connectivity index (χ1n) is 11.5. The van der Waals surface area contributed by atoms with E-state index in [2.05, 4.69) is 57.8 Å². The van der Waals surface area contributed by atoms with E-state index in [4.69, 9.17) is 9.72 Å². The largest absolute Gasteiger partial charge is 0.380 e. The number of nitrogens with zero attached hydrogens (tertiary/aromatic N) is 5. The zero-order chi connectivity index (χ0) is 21.9. The molecule has 2 unspecified atom stereocenters. The molecule has 2 aromatic heterocycles. The van der Waals surface area contributed by atoms with Gasteiger partial charge in [0.2, 0.25) is 5.95 Å². The Hall–Kier alpha value is -2.81. The molecule has 2 atom stereocenters. The van der Waals surface area contributed by atoms with Gasteiger partial charge in [-0.25, -0.2) is 9.97 Å². The van der Waals surface area contributed by atoms with Crippen molar-refractivity contribution in [2.75, 3.05) is 32.1 Å². The van der Waals surface area contributed by atoms with Gasteiger partial charge in [0.05, 0.1) is 24.2 Å². The van der Waals surface area contributed by atoms with Gasteiger partial charge in [-0.3, -0.25) is 9.58 Å². The van der Waals surface area contributed by atoms with Crippen molar-refractivity contribution in [3.63, 3.8) is 0 Å². The Morgan fingerprint density at radius 1 is 1.22 bits per heavy atom. The van der Waals surface area contributed by atoms with E-state index in [0.717, 1.165) is 62.6 Å². The van der Waals surface area contributed by atoms with Crippen LogP contribution in [0.5, 0.6) is 0 Å². The van der Waals surface area contributed by atoms with Gasteiger partial charge < -0.3 is 15.4 Å². The summed E-state index contributed by atoms with van der Waals surface area (Å²) in [5, 5.41) is 11.1. The van der Waals surface area contributed by atoms with Gasteiger partial charge in [-0.2, -0.15) is 5.10 Å². The number of hydrogen-bond donors (Lipinski definition) is 2. The number of rotatable bonds is 6. The van der Waals surface area contributed by atoms with Crippen molar-refractivity contribution in [1.82, 2.24) is 30.0 Å². The zero-order valence-electron chi connectivity index (χ0n) is 18.8. The Balaban J connectivity index is 1.42. The summed E-state index contributed by atoms with van der Waals surface area (Å²) in [5.41, 5.74) is 5.66. The van der Waals surface area contributed by atoms with E-state index in [1.807, 2.05) is 16.9 Å². The average molecular weight is 434 g/mol. The van der Waals surface area contributed by atoms with Gasteiger partial charge in [-0.1, -0.05) is 12.1 Å². The molecule has 4 heterocycles. The normalized spacial score (nSPS) is 21.3. The highest BCUT2D eigenvalue weighted by atomic mass is 16.5. The van der Waals surface area contributed by atoms with E-state index in [1.165, 1.54) is 11.1 Å². The predicted molar refractivity (Wildman–Crippen MR) is 125 cm³/mol. The summed E-state index contributed by atoms with van der Waals surface area (Å²) in [6.07, 6.45) is 7.78. The standard InChI is InChI=1S/C24H31N7O/c1-3-31-15-19(13-27-31)28-24-26-9-6-22(29-24)17-4-5-21-18(12-17)14-30(10-7-23(21)25-2)20-8-11-32-16-20/h4-6,9,12-13,15,20,23,25H,3,7-8,10-11,14,16H2,1-2H3,(H,26,28,29). The average Bonchev–Trinajstić information content (AvgIpc) is 3.48. The summed E-state index contributed by atoms with van der Waals surface area (Å²) in [6, 6.07) is 9.59. The van der Waals surface area contributed by atoms with Gasteiger partial charge in [0, 0.05) is 56.3 Å². The molecule has 0 bridgehead atoms. The van der Waals surface area contributed by atoms with E-state index >= 15 is 0 Å². The highest BCUT2D eigenvalue weighted by molar-refractivity contribution is 5.63. The molecule has 2 N–H and O–H groups in total. The van der Waals surface area contributed by atoms with E-state index in [1.54, 1.807) is 12.4 Å². The van der Waals surface area contributed by atoms with Crippen LogP contribution in [0.15, 0.2) is 42.9 Å². The molecule has 0 amide bonds. The second-order valence-corrected chi connectivity index (χ2v) is 8.51. The van der Waals surface area contributed by atoms with Crippen molar-refractivity contribution < 1.29 is 4.74 Å². The first-order valence-corrected chi connectivity index (χ1v) is 11.5. The van der Waals surface area contributed by atoms with Crippen LogP contribution in [0.25, 0.3) is 11.3 Å². The molecule has 3 aromatic rings. The monoisotopic (exact) mass is 433 g/mol. The number of benzene rings is 1. The molecule has 8 heteroatoms. The number of aryl methyl sites for hydroxylation is 1. The highest BCUT2D eigenvalue weighted by Crippen LogP contribution is 2.32. The molecule has 0 aliphatic carbocycles. The summed E-state index contributed by atoms with van der Waals surface area (Å²) in [7, 11) is 2.06. The van der Waals surface area contributed by atoms with Crippen molar-refractivity contribution in [1.29, 1.82) is 0 Å². The lowest BCUT2D eigenvalue weighted by Crippen LogP contribution is -2.35. The van der Waals surface area contributed by atoms with Gasteiger partial charge in [-0.15, -0.1) is 0 Å². The summed E-state index contributed by atoms with van der Waals surface area (Å²) in [5.74, 6) is 0.575. The van der Waals surface area contributed by atoms with Crippen LogP contribution in [0, 0.1) is 0 Å². The molecule has 1 aromatic carbocycles. The third-order valence-corrected chi connectivity index (χ3v) is 6.53. The molecule has 168 valence electrons. The quantitative estimate of drug-likeness (QED) is 0.617. The maximum absolute atomic E-state index is 5.67. The third-order valence-electron chi connectivity index (χ3n) is 6.53. The maximum atomic E-state index is 5.67. The van der Waals surface area contributed by atoms with E-state index in [9.17, 15) is 0 Å². The molecule has 0 radical (unpaired) electrons. The molecular weight excluding hydrogens is 402 g/mol. The van der Waals surface area contributed by atoms with Crippen LogP contribution >= 0.6 is 0 Å². The van der Waals surface area contributed by atoms with Gasteiger partial charge in [-0.05, 0) is 50.1 Å². The Morgan fingerprint density at radius 2 is 2.16 bits per heavy atom.